The monoisotopic (exact) mass is 245 g/mol. The summed E-state index contributed by atoms with van der Waals surface area (Å²) in [5, 5.41) is 25.4. The van der Waals surface area contributed by atoms with Gasteiger partial charge in [-0.1, -0.05) is 0 Å². The van der Waals surface area contributed by atoms with Crippen molar-refractivity contribution in [3.63, 3.8) is 0 Å². The van der Waals surface area contributed by atoms with E-state index in [0.29, 0.717) is 0 Å². The zero-order valence-electron chi connectivity index (χ0n) is 7.81. The van der Waals surface area contributed by atoms with Gasteiger partial charge >= 0.3 is 18.1 Å². The Morgan fingerprint density at radius 2 is 1.62 bits per heavy atom. The van der Waals surface area contributed by atoms with E-state index in [4.69, 9.17) is 21.1 Å². The molecule has 0 aliphatic carbocycles. The first-order valence-electron chi connectivity index (χ1n) is 4.03. The lowest BCUT2D eigenvalue weighted by molar-refractivity contribution is -0.223. The third kappa shape index (κ3) is 4.03. The Balaban J connectivity index is 4.76. The third-order valence-electron chi connectivity index (χ3n) is 1.86. The predicted octanol–water partition coefficient (Wildman–Crippen LogP) is -0.588. The number of aliphatic carboxylic acids is 2. The molecule has 5 N–H and O–H groups in total. The summed E-state index contributed by atoms with van der Waals surface area (Å²) in [5.74, 6) is -5.90. The van der Waals surface area contributed by atoms with Crippen LogP contribution in [-0.4, -0.2) is 45.6 Å². The molecule has 9 heteroatoms. The van der Waals surface area contributed by atoms with Crippen LogP contribution in [-0.2, 0) is 9.59 Å². The van der Waals surface area contributed by atoms with E-state index in [9.17, 15) is 22.8 Å². The summed E-state index contributed by atoms with van der Waals surface area (Å²) in [6, 6.07) is -1.78. The fourth-order valence-electron chi connectivity index (χ4n) is 0.967. The van der Waals surface area contributed by atoms with E-state index in [1.165, 1.54) is 0 Å². The highest BCUT2D eigenvalue weighted by Gasteiger charge is 2.47. The average Bonchev–Trinajstić information content (AvgIpc) is 2.10. The number of alkyl halides is 3. The Hall–Kier alpha value is -1.35. The van der Waals surface area contributed by atoms with Gasteiger partial charge in [-0.3, -0.25) is 9.59 Å². The molecule has 0 unspecified atom stereocenters. The van der Waals surface area contributed by atoms with Crippen LogP contribution in [0.15, 0.2) is 0 Å². The number of rotatable bonds is 5. The molecule has 0 bridgehead atoms. The van der Waals surface area contributed by atoms with Gasteiger partial charge in [-0.25, -0.2) is 0 Å². The Morgan fingerprint density at radius 1 is 1.19 bits per heavy atom. The first kappa shape index (κ1) is 14.6. The molecule has 6 nitrogen and oxygen atoms in total. The summed E-state index contributed by atoms with van der Waals surface area (Å²) in [4.78, 5) is 20.7. The fraction of sp³-hybridized carbons (Fsp3) is 0.714. The quantitative estimate of drug-likeness (QED) is 0.513. The Bertz CT molecular complexity index is 280. The number of hydrogen-bond acceptors (Lipinski definition) is 4. The molecule has 0 spiro atoms. The van der Waals surface area contributed by atoms with Crippen molar-refractivity contribution in [3.05, 3.63) is 0 Å². The normalized spacial score (nSPS) is 17.6. The van der Waals surface area contributed by atoms with Gasteiger partial charge in [0.2, 0.25) is 0 Å². The summed E-state index contributed by atoms with van der Waals surface area (Å²) in [5.41, 5.74) is 4.89. The van der Waals surface area contributed by atoms with Crippen LogP contribution >= 0.6 is 0 Å². The zero-order valence-corrected chi connectivity index (χ0v) is 7.81. The summed E-state index contributed by atoms with van der Waals surface area (Å²) in [6.45, 7) is 0. The molecule has 0 amide bonds. The van der Waals surface area contributed by atoms with Gasteiger partial charge in [-0.2, -0.15) is 13.2 Å². The van der Waals surface area contributed by atoms with Crippen molar-refractivity contribution in [1.29, 1.82) is 0 Å². The van der Waals surface area contributed by atoms with Crippen molar-refractivity contribution in [1.82, 2.24) is 0 Å². The molecular weight excluding hydrogens is 235 g/mol. The van der Waals surface area contributed by atoms with Gasteiger partial charge in [-0.05, 0) is 6.42 Å². The summed E-state index contributed by atoms with van der Waals surface area (Å²) < 4.78 is 36.0. The van der Waals surface area contributed by atoms with Gasteiger partial charge in [-0.15, -0.1) is 0 Å². The van der Waals surface area contributed by atoms with E-state index in [2.05, 4.69) is 0 Å². The minimum Gasteiger partial charge on any atom is -0.481 e. The molecule has 0 radical (unpaired) electrons. The Kier molecular flexibility index (Phi) is 4.69. The van der Waals surface area contributed by atoms with E-state index >= 15 is 0 Å². The molecule has 0 fully saturated rings. The maximum Gasteiger partial charge on any atom is 0.415 e. The molecule has 0 heterocycles. The van der Waals surface area contributed by atoms with Crippen LogP contribution in [0.4, 0.5) is 13.2 Å². The molecule has 0 rings (SSSR count). The highest BCUT2D eigenvalue weighted by molar-refractivity contribution is 5.76. The van der Waals surface area contributed by atoms with E-state index in [0.717, 1.165) is 0 Å². The van der Waals surface area contributed by atoms with E-state index in [-0.39, 0.29) is 0 Å². The third-order valence-corrected chi connectivity index (χ3v) is 1.86. The first-order valence-corrected chi connectivity index (χ1v) is 4.03. The number of carbonyl (C=O) groups is 2. The molecule has 3 atom stereocenters. The number of carboxylic acid groups (broad SMARTS) is 2. The smallest absolute Gasteiger partial charge is 0.415 e. The van der Waals surface area contributed by atoms with Crippen LogP contribution in [0.2, 0.25) is 0 Å². The van der Waals surface area contributed by atoms with Gasteiger partial charge in [0.1, 0.15) is 6.04 Å². The van der Waals surface area contributed by atoms with E-state index < -0.39 is 42.6 Å². The van der Waals surface area contributed by atoms with Crippen molar-refractivity contribution in [2.75, 3.05) is 0 Å². The van der Waals surface area contributed by atoms with Gasteiger partial charge in [0.05, 0.1) is 5.92 Å². The summed E-state index contributed by atoms with van der Waals surface area (Å²) in [7, 11) is 0. The van der Waals surface area contributed by atoms with Crippen LogP contribution in [0.1, 0.15) is 6.42 Å². The lowest BCUT2D eigenvalue weighted by Gasteiger charge is -2.22. The number of hydrogen-bond donors (Lipinski definition) is 4. The number of aliphatic hydroxyl groups is 1. The maximum atomic E-state index is 12.0. The number of carboxylic acids is 2. The van der Waals surface area contributed by atoms with Gasteiger partial charge in [0.15, 0.2) is 6.10 Å². The number of halogens is 3. The molecule has 94 valence electrons. The summed E-state index contributed by atoms with van der Waals surface area (Å²) in [6.07, 6.45) is -9.29. The Morgan fingerprint density at radius 3 is 1.88 bits per heavy atom. The molecule has 0 aromatic carbocycles. The van der Waals surface area contributed by atoms with Crippen LogP contribution < -0.4 is 5.73 Å². The first-order chi connectivity index (χ1) is 7.07. The largest absolute Gasteiger partial charge is 0.481 e. The number of aliphatic hydroxyl groups excluding tert-OH is 1. The molecule has 0 aromatic heterocycles. The minimum absolute atomic E-state index is 1.01. The minimum atomic E-state index is -5.14. The van der Waals surface area contributed by atoms with Crippen molar-refractivity contribution < 1.29 is 38.1 Å². The second-order valence-corrected chi connectivity index (χ2v) is 3.11. The molecule has 0 aliphatic rings. The lowest BCUT2D eigenvalue weighted by Crippen LogP contribution is -2.44. The molecular formula is C7H10F3NO5. The van der Waals surface area contributed by atoms with Crippen molar-refractivity contribution in [3.8, 4) is 0 Å². The second-order valence-electron chi connectivity index (χ2n) is 3.11. The molecule has 0 aliphatic heterocycles. The maximum absolute atomic E-state index is 12.0. The standard InChI is InChI=1S/C7H10F3NO5/c8-7(9,10)4(12)2(5(13)14)1-3(11)6(15)16/h2-4,12H,1,11H2,(H,13,14)(H,15,16)/t2-,3-,4+/m0/s1. The van der Waals surface area contributed by atoms with Crippen molar-refractivity contribution in [2.24, 2.45) is 11.7 Å². The van der Waals surface area contributed by atoms with Gasteiger partial charge in [0.25, 0.3) is 0 Å². The van der Waals surface area contributed by atoms with Crippen molar-refractivity contribution >= 4 is 11.9 Å². The predicted molar refractivity (Wildman–Crippen MR) is 43.4 cm³/mol. The zero-order chi connectivity index (χ0) is 13.1. The molecule has 0 saturated heterocycles. The Labute approximate surface area is 87.5 Å². The van der Waals surface area contributed by atoms with Crippen LogP contribution in [0.25, 0.3) is 0 Å². The fourth-order valence-corrected chi connectivity index (χ4v) is 0.967. The molecule has 0 aromatic rings. The SMILES string of the molecule is N[C@@H](C[C@H](C(=O)O)[C@@H](O)C(F)(F)F)C(=O)O. The highest BCUT2D eigenvalue weighted by atomic mass is 19.4. The topological polar surface area (TPSA) is 121 Å². The van der Waals surface area contributed by atoms with Gasteiger partial charge in [0, 0.05) is 0 Å². The van der Waals surface area contributed by atoms with Crippen LogP contribution in [0.5, 0.6) is 0 Å². The average molecular weight is 245 g/mol. The highest BCUT2D eigenvalue weighted by Crippen LogP contribution is 2.28. The summed E-state index contributed by atoms with van der Waals surface area (Å²) >= 11 is 0. The molecule has 0 saturated carbocycles. The van der Waals surface area contributed by atoms with Crippen molar-refractivity contribution in [2.45, 2.75) is 24.7 Å². The van der Waals surface area contributed by atoms with Gasteiger partial charge < -0.3 is 21.1 Å². The van der Waals surface area contributed by atoms with Crippen LogP contribution in [0, 0.1) is 5.92 Å². The molecule has 16 heavy (non-hydrogen) atoms. The number of nitrogens with two attached hydrogens (primary N) is 1. The second kappa shape index (κ2) is 5.12. The van der Waals surface area contributed by atoms with Crippen LogP contribution in [0.3, 0.4) is 0 Å². The van der Waals surface area contributed by atoms with E-state index in [1.807, 2.05) is 0 Å². The van der Waals surface area contributed by atoms with E-state index in [1.54, 1.807) is 0 Å². The lowest BCUT2D eigenvalue weighted by atomic mass is 9.94.